The molecule has 1 rings (SSSR count). The number of hydrogen-bond acceptors (Lipinski definition) is 2. The normalized spacial score (nSPS) is 10.0. The summed E-state index contributed by atoms with van der Waals surface area (Å²) in [6, 6.07) is 7.76. The van der Waals surface area contributed by atoms with Gasteiger partial charge in [-0.15, -0.1) is 18.3 Å². The Balaban J connectivity index is 2.16. The Morgan fingerprint density at radius 3 is 2.50 bits per heavy atom. The number of carbonyl (C=O) groups is 1. The molecule has 0 aliphatic rings. The van der Waals surface area contributed by atoms with Crippen molar-refractivity contribution in [1.29, 1.82) is 0 Å². The van der Waals surface area contributed by atoms with Gasteiger partial charge in [0.25, 0.3) is 0 Å². The summed E-state index contributed by atoms with van der Waals surface area (Å²) < 4.78 is 0. The van der Waals surface area contributed by atoms with Gasteiger partial charge in [0.2, 0.25) is 0 Å². The number of benzene rings is 1. The van der Waals surface area contributed by atoms with E-state index in [0.717, 1.165) is 24.0 Å². The second kappa shape index (κ2) is 8.17. The molecule has 0 N–H and O–H groups in total. The molecule has 0 amide bonds. The molecule has 86 valence electrons. The summed E-state index contributed by atoms with van der Waals surface area (Å²) in [6.07, 6.45) is 7.74. The molecule has 0 aromatic heterocycles. The molecule has 1 nitrogen and oxygen atoms in total. The van der Waals surface area contributed by atoms with Crippen LogP contribution in [0.15, 0.2) is 41.8 Å². The van der Waals surface area contributed by atoms with E-state index in [1.807, 2.05) is 42.1 Å². The molecule has 0 saturated carbocycles. The number of rotatable bonds is 8. The zero-order chi connectivity index (χ0) is 11.6. The lowest BCUT2D eigenvalue weighted by Crippen LogP contribution is -1.82. The van der Waals surface area contributed by atoms with Crippen molar-refractivity contribution >= 4 is 18.0 Å². The molecule has 0 spiro atoms. The van der Waals surface area contributed by atoms with E-state index in [0.29, 0.717) is 0 Å². The first-order chi connectivity index (χ1) is 7.86. The molecule has 0 fully saturated rings. The minimum atomic E-state index is 0.746. The maximum absolute atomic E-state index is 10.5. The van der Waals surface area contributed by atoms with Crippen LogP contribution in [0.2, 0.25) is 0 Å². The number of unbranched alkanes of at least 4 members (excludes halogenated alkanes) is 3. The molecule has 0 heterocycles. The molecule has 0 atom stereocenters. The Bertz CT molecular complexity index is 316. The average Bonchev–Trinajstić information content (AvgIpc) is 2.34. The summed E-state index contributed by atoms with van der Waals surface area (Å²) in [5, 5.41) is 0. The number of carbonyl (C=O) groups excluding carboxylic acids is 1. The van der Waals surface area contributed by atoms with Crippen LogP contribution in [0.1, 0.15) is 36.0 Å². The maximum Gasteiger partial charge on any atom is 0.150 e. The highest BCUT2D eigenvalue weighted by molar-refractivity contribution is 7.99. The van der Waals surface area contributed by atoms with Crippen LogP contribution in [0, 0.1) is 0 Å². The van der Waals surface area contributed by atoms with Crippen LogP contribution >= 0.6 is 11.8 Å². The maximum atomic E-state index is 10.5. The molecule has 16 heavy (non-hydrogen) atoms. The fraction of sp³-hybridized carbons (Fsp3) is 0.357. The molecule has 1 aromatic carbocycles. The molecule has 0 aliphatic heterocycles. The van der Waals surface area contributed by atoms with Gasteiger partial charge < -0.3 is 0 Å². The van der Waals surface area contributed by atoms with Crippen molar-refractivity contribution < 1.29 is 4.79 Å². The first kappa shape index (κ1) is 13.0. The third-order valence-corrected chi connectivity index (χ3v) is 3.44. The molecular formula is C14H18OS. The summed E-state index contributed by atoms with van der Waals surface area (Å²) in [5.41, 5.74) is 0.746. The van der Waals surface area contributed by atoms with Crippen LogP contribution in [0.3, 0.4) is 0 Å². The second-order valence-corrected chi connectivity index (χ2v) is 4.84. The van der Waals surface area contributed by atoms with Crippen molar-refractivity contribution in [2.45, 2.75) is 30.6 Å². The van der Waals surface area contributed by atoms with Crippen molar-refractivity contribution in [3.63, 3.8) is 0 Å². The number of thioether (sulfide) groups is 1. The third kappa shape index (κ3) is 5.17. The summed E-state index contributed by atoms with van der Waals surface area (Å²) in [6.45, 7) is 3.71. The molecule has 0 unspecified atom stereocenters. The molecule has 0 bridgehead atoms. The van der Waals surface area contributed by atoms with E-state index >= 15 is 0 Å². The van der Waals surface area contributed by atoms with Gasteiger partial charge in [-0.2, -0.15) is 0 Å². The fourth-order valence-electron chi connectivity index (χ4n) is 1.40. The van der Waals surface area contributed by atoms with Crippen LogP contribution in [0.5, 0.6) is 0 Å². The summed E-state index contributed by atoms with van der Waals surface area (Å²) in [5.74, 6) is 1.15. The van der Waals surface area contributed by atoms with E-state index in [1.54, 1.807) is 0 Å². The lowest BCUT2D eigenvalue weighted by atomic mass is 10.2. The minimum Gasteiger partial charge on any atom is -0.298 e. The van der Waals surface area contributed by atoms with Crippen molar-refractivity contribution in [2.24, 2.45) is 0 Å². The van der Waals surface area contributed by atoms with Gasteiger partial charge in [0.15, 0.2) is 0 Å². The smallest absolute Gasteiger partial charge is 0.150 e. The van der Waals surface area contributed by atoms with Crippen molar-refractivity contribution in [3.05, 3.63) is 42.5 Å². The second-order valence-electron chi connectivity index (χ2n) is 3.67. The van der Waals surface area contributed by atoms with Gasteiger partial charge >= 0.3 is 0 Å². The number of aldehydes is 1. The van der Waals surface area contributed by atoms with Crippen LogP contribution < -0.4 is 0 Å². The summed E-state index contributed by atoms with van der Waals surface area (Å²) in [4.78, 5) is 11.7. The quantitative estimate of drug-likeness (QED) is 0.288. The molecular weight excluding hydrogens is 216 g/mol. The van der Waals surface area contributed by atoms with Crippen molar-refractivity contribution in [2.75, 3.05) is 5.75 Å². The number of hydrogen-bond donors (Lipinski definition) is 0. The van der Waals surface area contributed by atoms with Crippen LogP contribution in [-0.2, 0) is 0 Å². The van der Waals surface area contributed by atoms with E-state index in [9.17, 15) is 4.79 Å². The van der Waals surface area contributed by atoms with E-state index in [1.165, 1.54) is 24.2 Å². The average molecular weight is 234 g/mol. The van der Waals surface area contributed by atoms with Gasteiger partial charge in [0.05, 0.1) is 0 Å². The highest BCUT2D eigenvalue weighted by atomic mass is 32.2. The number of allylic oxidation sites excluding steroid dienone is 1. The van der Waals surface area contributed by atoms with Gasteiger partial charge in [-0.25, -0.2) is 0 Å². The Morgan fingerprint density at radius 1 is 1.12 bits per heavy atom. The molecule has 2 heteroatoms. The highest BCUT2D eigenvalue weighted by Gasteiger charge is 1.95. The predicted octanol–water partition coefficient (Wildman–Crippen LogP) is 4.34. The SMILES string of the molecule is C=CCCCCCSc1ccc(C=O)cc1. The molecule has 1 aromatic rings. The Labute approximate surface area is 102 Å². The van der Waals surface area contributed by atoms with Crippen molar-refractivity contribution in [3.8, 4) is 0 Å². The van der Waals surface area contributed by atoms with Crippen LogP contribution in [0.4, 0.5) is 0 Å². The lowest BCUT2D eigenvalue weighted by molar-refractivity contribution is 0.112. The van der Waals surface area contributed by atoms with Gasteiger partial charge in [0.1, 0.15) is 6.29 Å². The first-order valence-corrected chi connectivity index (χ1v) is 6.64. The Morgan fingerprint density at radius 2 is 1.88 bits per heavy atom. The van der Waals surface area contributed by atoms with Gasteiger partial charge in [-0.1, -0.05) is 24.6 Å². The van der Waals surface area contributed by atoms with Crippen LogP contribution in [-0.4, -0.2) is 12.0 Å². The summed E-state index contributed by atoms with van der Waals surface area (Å²) in [7, 11) is 0. The van der Waals surface area contributed by atoms with Crippen LogP contribution in [0.25, 0.3) is 0 Å². The Kier molecular flexibility index (Phi) is 6.66. The van der Waals surface area contributed by atoms with Gasteiger partial charge in [-0.3, -0.25) is 4.79 Å². The predicted molar refractivity (Wildman–Crippen MR) is 71.2 cm³/mol. The first-order valence-electron chi connectivity index (χ1n) is 5.66. The standard InChI is InChI=1S/C14H18OS/c1-2-3-4-5-6-11-16-14-9-7-13(12-15)8-10-14/h2,7-10,12H,1,3-6,11H2. The zero-order valence-corrected chi connectivity index (χ0v) is 10.3. The highest BCUT2D eigenvalue weighted by Crippen LogP contribution is 2.19. The lowest BCUT2D eigenvalue weighted by Gasteiger charge is -2.01. The van der Waals surface area contributed by atoms with E-state index < -0.39 is 0 Å². The molecule has 0 aliphatic carbocycles. The zero-order valence-electron chi connectivity index (χ0n) is 9.52. The van der Waals surface area contributed by atoms with E-state index in [2.05, 4.69) is 6.58 Å². The Hall–Kier alpha value is -1.02. The third-order valence-electron chi connectivity index (χ3n) is 2.34. The van der Waals surface area contributed by atoms with Crippen molar-refractivity contribution in [1.82, 2.24) is 0 Å². The largest absolute Gasteiger partial charge is 0.298 e. The topological polar surface area (TPSA) is 17.1 Å². The fourth-order valence-corrected chi connectivity index (χ4v) is 2.31. The molecule has 0 radical (unpaired) electrons. The van der Waals surface area contributed by atoms with Gasteiger partial charge in [0, 0.05) is 10.5 Å². The van der Waals surface area contributed by atoms with E-state index in [4.69, 9.17) is 0 Å². The molecule has 0 saturated heterocycles. The van der Waals surface area contributed by atoms with Gasteiger partial charge in [-0.05, 0) is 37.1 Å². The van der Waals surface area contributed by atoms with E-state index in [-0.39, 0.29) is 0 Å². The summed E-state index contributed by atoms with van der Waals surface area (Å²) >= 11 is 1.86. The minimum absolute atomic E-state index is 0.746. The monoisotopic (exact) mass is 234 g/mol.